The number of hydrogen-bond acceptors (Lipinski definition) is 5. The number of benzene rings is 1. The summed E-state index contributed by atoms with van der Waals surface area (Å²) >= 11 is 0. The van der Waals surface area contributed by atoms with Crippen molar-refractivity contribution in [3.05, 3.63) is 39.4 Å². The number of nitrogens with zero attached hydrogens (tertiary/aromatic N) is 1. The van der Waals surface area contributed by atoms with Gasteiger partial charge in [0.25, 0.3) is 5.69 Å². The smallest absolute Gasteiger partial charge is 0.337 e. The van der Waals surface area contributed by atoms with Crippen molar-refractivity contribution < 1.29 is 29.8 Å². The van der Waals surface area contributed by atoms with Gasteiger partial charge in [0.15, 0.2) is 6.10 Å². The van der Waals surface area contributed by atoms with Gasteiger partial charge in [-0.3, -0.25) is 14.9 Å². The van der Waals surface area contributed by atoms with Crippen molar-refractivity contribution in [2.24, 2.45) is 0 Å². The van der Waals surface area contributed by atoms with Crippen LogP contribution in [0.15, 0.2) is 18.2 Å². The molecule has 0 aromatic heterocycles. The average molecular weight is 269 g/mol. The zero-order valence-electron chi connectivity index (χ0n) is 9.65. The van der Waals surface area contributed by atoms with Crippen LogP contribution in [0.1, 0.15) is 23.7 Å². The van der Waals surface area contributed by atoms with Gasteiger partial charge in [-0.25, -0.2) is 4.79 Å². The summed E-state index contributed by atoms with van der Waals surface area (Å²) in [4.78, 5) is 31.1. The Morgan fingerprint density at radius 2 is 1.95 bits per heavy atom. The number of aryl methyl sites for hydroxylation is 1. The van der Waals surface area contributed by atoms with Crippen LogP contribution >= 0.6 is 0 Å². The number of carbonyl (C=O) groups is 2. The molecule has 8 nitrogen and oxygen atoms in total. The second kappa shape index (κ2) is 5.91. The molecule has 0 saturated carbocycles. The SMILES string of the molecule is O=C(O)CCc1ccc(C(O)C(=O)O)cc1[N+](=O)[O-]. The number of nitro benzene ring substituents is 1. The topological polar surface area (TPSA) is 138 Å². The molecule has 0 heterocycles. The van der Waals surface area contributed by atoms with Crippen LogP contribution in [-0.2, 0) is 16.0 Å². The summed E-state index contributed by atoms with van der Waals surface area (Å²) in [5.41, 5.74) is -0.355. The van der Waals surface area contributed by atoms with E-state index in [1.54, 1.807) is 0 Å². The lowest BCUT2D eigenvalue weighted by molar-refractivity contribution is -0.385. The molecule has 0 fully saturated rings. The first-order valence-corrected chi connectivity index (χ1v) is 5.22. The Labute approximate surface area is 107 Å². The first kappa shape index (κ1) is 14.6. The standard InChI is InChI=1S/C11H11NO7/c13-9(14)4-3-6-1-2-7(10(15)11(16)17)5-8(6)12(18)19/h1-2,5,10,15H,3-4H2,(H,13,14)(H,16,17). The summed E-state index contributed by atoms with van der Waals surface area (Å²) < 4.78 is 0. The Morgan fingerprint density at radius 3 is 2.42 bits per heavy atom. The zero-order chi connectivity index (χ0) is 14.6. The summed E-state index contributed by atoms with van der Waals surface area (Å²) in [5, 5.41) is 37.3. The summed E-state index contributed by atoms with van der Waals surface area (Å²) in [6.45, 7) is 0. The average Bonchev–Trinajstić information content (AvgIpc) is 2.34. The van der Waals surface area contributed by atoms with E-state index in [1.807, 2.05) is 0 Å². The molecule has 0 bridgehead atoms. The highest BCUT2D eigenvalue weighted by molar-refractivity contribution is 5.74. The van der Waals surface area contributed by atoms with Gasteiger partial charge in [-0.05, 0) is 12.0 Å². The van der Waals surface area contributed by atoms with Crippen LogP contribution in [0.25, 0.3) is 0 Å². The van der Waals surface area contributed by atoms with Crippen molar-refractivity contribution in [2.45, 2.75) is 18.9 Å². The van der Waals surface area contributed by atoms with Gasteiger partial charge in [0.2, 0.25) is 0 Å². The van der Waals surface area contributed by atoms with Crippen molar-refractivity contribution in [3.8, 4) is 0 Å². The van der Waals surface area contributed by atoms with Crippen molar-refractivity contribution in [1.29, 1.82) is 0 Å². The Bertz CT molecular complexity index is 526. The monoisotopic (exact) mass is 269 g/mol. The molecule has 8 heteroatoms. The lowest BCUT2D eigenvalue weighted by atomic mass is 10.0. The van der Waals surface area contributed by atoms with Gasteiger partial charge in [0.1, 0.15) is 0 Å². The Morgan fingerprint density at radius 1 is 1.32 bits per heavy atom. The van der Waals surface area contributed by atoms with Crippen LogP contribution in [-0.4, -0.2) is 32.2 Å². The van der Waals surface area contributed by atoms with Crippen LogP contribution in [0.3, 0.4) is 0 Å². The Kier molecular flexibility index (Phi) is 4.54. The van der Waals surface area contributed by atoms with E-state index in [2.05, 4.69) is 0 Å². The second-order valence-corrected chi connectivity index (χ2v) is 3.78. The van der Waals surface area contributed by atoms with Crippen molar-refractivity contribution in [3.63, 3.8) is 0 Å². The van der Waals surface area contributed by atoms with E-state index in [4.69, 9.17) is 10.2 Å². The number of carboxylic acids is 2. The quantitative estimate of drug-likeness (QED) is 0.511. The molecule has 1 aromatic rings. The summed E-state index contributed by atoms with van der Waals surface area (Å²) in [7, 11) is 0. The van der Waals surface area contributed by atoms with Gasteiger partial charge in [-0.15, -0.1) is 0 Å². The molecular formula is C11H11NO7. The minimum atomic E-state index is -1.85. The van der Waals surface area contributed by atoms with E-state index >= 15 is 0 Å². The molecule has 0 amide bonds. The van der Waals surface area contributed by atoms with E-state index < -0.39 is 28.7 Å². The first-order chi connectivity index (χ1) is 8.82. The van der Waals surface area contributed by atoms with Gasteiger partial charge < -0.3 is 15.3 Å². The van der Waals surface area contributed by atoms with E-state index in [0.29, 0.717) is 0 Å². The molecule has 1 atom stereocenters. The minimum absolute atomic E-state index is 0.0465. The molecule has 0 aliphatic rings. The third kappa shape index (κ3) is 3.75. The molecular weight excluding hydrogens is 258 g/mol. The Balaban J connectivity index is 3.11. The summed E-state index contributed by atoms with van der Waals surface area (Å²) in [6.07, 6.45) is -2.18. The fourth-order valence-electron chi connectivity index (χ4n) is 1.52. The van der Waals surface area contributed by atoms with Gasteiger partial charge in [0.05, 0.1) is 4.92 Å². The van der Waals surface area contributed by atoms with Gasteiger partial charge in [-0.2, -0.15) is 0 Å². The van der Waals surface area contributed by atoms with E-state index in [1.165, 1.54) is 12.1 Å². The second-order valence-electron chi connectivity index (χ2n) is 3.78. The van der Waals surface area contributed by atoms with Crippen LogP contribution < -0.4 is 0 Å². The molecule has 0 saturated heterocycles. The number of nitro groups is 1. The van der Waals surface area contributed by atoms with Gasteiger partial charge >= 0.3 is 11.9 Å². The maximum Gasteiger partial charge on any atom is 0.337 e. The summed E-state index contributed by atoms with van der Waals surface area (Å²) in [5.74, 6) is -2.61. The molecule has 0 spiro atoms. The normalized spacial score (nSPS) is 11.8. The molecule has 1 aromatic carbocycles. The maximum absolute atomic E-state index is 10.8. The number of rotatable bonds is 6. The number of hydrogen-bond donors (Lipinski definition) is 3. The highest BCUT2D eigenvalue weighted by Crippen LogP contribution is 2.25. The third-order valence-corrected chi connectivity index (χ3v) is 2.46. The highest BCUT2D eigenvalue weighted by Gasteiger charge is 2.21. The molecule has 102 valence electrons. The van der Waals surface area contributed by atoms with Crippen LogP contribution in [0, 0.1) is 10.1 Å². The van der Waals surface area contributed by atoms with Crippen molar-refractivity contribution in [2.75, 3.05) is 0 Å². The van der Waals surface area contributed by atoms with E-state index in [-0.39, 0.29) is 24.0 Å². The maximum atomic E-state index is 10.8. The third-order valence-electron chi connectivity index (χ3n) is 2.46. The van der Waals surface area contributed by atoms with Crippen molar-refractivity contribution >= 4 is 17.6 Å². The zero-order valence-corrected chi connectivity index (χ0v) is 9.65. The van der Waals surface area contributed by atoms with E-state index in [9.17, 15) is 24.8 Å². The predicted molar refractivity (Wildman–Crippen MR) is 61.6 cm³/mol. The summed E-state index contributed by atoms with van der Waals surface area (Å²) in [6, 6.07) is 3.42. The molecule has 1 rings (SSSR count). The van der Waals surface area contributed by atoms with Gasteiger partial charge in [0, 0.05) is 18.1 Å². The molecule has 1 unspecified atom stereocenters. The molecule has 19 heavy (non-hydrogen) atoms. The number of aliphatic carboxylic acids is 2. The fraction of sp³-hybridized carbons (Fsp3) is 0.273. The number of carboxylic acid groups (broad SMARTS) is 2. The number of aliphatic hydroxyl groups excluding tert-OH is 1. The Hall–Kier alpha value is -2.48. The lowest BCUT2D eigenvalue weighted by Gasteiger charge is -2.07. The van der Waals surface area contributed by atoms with Crippen molar-refractivity contribution in [1.82, 2.24) is 0 Å². The first-order valence-electron chi connectivity index (χ1n) is 5.22. The fourth-order valence-corrected chi connectivity index (χ4v) is 1.52. The minimum Gasteiger partial charge on any atom is -0.481 e. The molecule has 0 aliphatic heterocycles. The van der Waals surface area contributed by atoms with Crippen LogP contribution in [0.5, 0.6) is 0 Å². The van der Waals surface area contributed by atoms with E-state index in [0.717, 1.165) is 6.07 Å². The number of aliphatic hydroxyl groups is 1. The van der Waals surface area contributed by atoms with Gasteiger partial charge in [-0.1, -0.05) is 12.1 Å². The largest absolute Gasteiger partial charge is 0.481 e. The molecule has 3 N–H and O–H groups in total. The molecule has 0 aliphatic carbocycles. The highest BCUT2D eigenvalue weighted by atomic mass is 16.6. The van der Waals surface area contributed by atoms with Crippen LogP contribution in [0.2, 0.25) is 0 Å². The lowest BCUT2D eigenvalue weighted by Crippen LogP contribution is -2.11. The van der Waals surface area contributed by atoms with Crippen LogP contribution in [0.4, 0.5) is 5.69 Å². The predicted octanol–water partition coefficient (Wildman–Crippen LogP) is 0.730. The molecule has 0 radical (unpaired) electrons.